The number of phenols is 1. The van der Waals surface area contributed by atoms with E-state index in [9.17, 15) is 24.8 Å². The van der Waals surface area contributed by atoms with Crippen LogP contribution in [0.3, 0.4) is 0 Å². The Hall–Kier alpha value is -5.28. The largest absolute Gasteiger partial charge is 0.508 e. The number of nitrogens with zero attached hydrogens (tertiary/aromatic N) is 2. The zero-order chi connectivity index (χ0) is 31.7. The number of aryl methyl sites for hydroxylation is 2. The SMILES string of the molecule is C#Cc1ccccc1C(C(=O)Nc1c(C)cccc1C)N(CC#N)C(=O)C(Cc1ccc(O)cc1)NC(=O)OC(C)(C)C. The molecule has 9 nitrogen and oxygen atoms in total. The zero-order valence-electron chi connectivity index (χ0n) is 25.0. The fourth-order valence-electron chi connectivity index (χ4n) is 4.61. The van der Waals surface area contributed by atoms with Crippen LogP contribution < -0.4 is 10.6 Å². The molecule has 222 valence electrons. The number of hydrogen-bond donors (Lipinski definition) is 3. The maximum atomic E-state index is 14.3. The van der Waals surface area contributed by atoms with Crippen LogP contribution in [0.15, 0.2) is 66.7 Å². The van der Waals surface area contributed by atoms with E-state index in [0.717, 1.165) is 16.0 Å². The molecule has 3 N–H and O–H groups in total. The van der Waals surface area contributed by atoms with Crippen LogP contribution in [0.5, 0.6) is 5.75 Å². The highest BCUT2D eigenvalue weighted by molar-refractivity contribution is 6.00. The van der Waals surface area contributed by atoms with Crippen molar-refractivity contribution in [2.75, 3.05) is 11.9 Å². The fraction of sp³-hybridized carbons (Fsp3) is 0.294. The molecule has 0 aliphatic rings. The molecule has 0 spiro atoms. The smallest absolute Gasteiger partial charge is 0.408 e. The number of terminal acetylenes is 1. The van der Waals surface area contributed by atoms with Crippen molar-refractivity contribution in [2.24, 2.45) is 0 Å². The van der Waals surface area contributed by atoms with Gasteiger partial charge in [0.2, 0.25) is 5.91 Å². The van der Waals surface area contributed by atoms with Gasteiger partial charge in [0.1, 0.15) is 30.0 Å². The summed E-state index contributed by atoms with van der Waals surface area (Å²) >= 11 is 0. The summed E-state index contributed by atoms with van der Waals surface area (Å²) in [5.41, 5.74) is 2.69. The summed E-state index contributed by atoms with van der Waals surface area (Å²) in [7, 11) is 0. The topological polar surface area (TPSA) is 132 Å². The summed E-state index contributed by atoms with van der Waals surface area (Å²) in [6.07, 6.45) is 4.94. The number of carbonyl (C=O) groups is 3. The third-order valence-electron chi connectivity index (χ3n) is 6.59. The predicted octanol–water partition coefficient (Wildman–Crippen LogP) is 5.16. The van der Waals surface area contributed by atoms with Gasteiger partial charge in [-0.3, -0.25) is 9.59 Å². The van der Waals surface area contributed by atoms with E-state index >= 15 is 0 Å². The van der Waals surface area contributed by atoms with Crippen LogP contribution in [0.2, 0.25) is 0 Å². The third kappa shape index (κ3) is 8.61. The molecule has 0 saturated heterocycles. The second-order valence-electron chi connectivity index (χ2n) is 11.1. The molecule has 0 saturated carbocycles. The van der Waals surface area contributed by atoms with Crippen molar-refractivity contribution in [3.05, 3.63) is 94.5 Å². The summed E-state index contributed by atoms with van der Waals surface area (Å²) in [5, 5.41) is 25.1. The molecule has 3 rings (SSSR count). The number of anilines is 1. The Bertz CT molecular complexity index is 1540. The molecule has 9 heteroatoms. The van der Waals surface area contributed by atoms with Crippen LogP contribution in [-0.2, 0) is 20.7 Å². The predicted molar refractivity (Wildman–Crippen MR) is 164 cm³/mol. The number of carbonyl (C=O) groups excluding carboxylic acids is 3. The van der Waals surface area contributed by atoms with Gasteiger partial charge in [-0.05, 0) is 75.1 Å². The van der Waals surface area contributed by atoms with Crippen LogP contribution in [0.1, 0.15) is 54.6 Å². The lowest BCUT2D eigenvalue weighted by Crippen LogP contribution is -2.53. The number of rotatable bonds is 9. The van der Waals surface area contributed by atoms with Gasteiger partial charge in [0.15, 0.2) is 0 Å². The normalized spacial score (nSPS) is 12.2. The van der Waals surface area contributed by atoms with Gasteiger partial charge in [0.25, 0.3) is 5.91 Å². The number of nitrogens with one attached hydrogen (secondary N) is 2. The van der Waals surface area contributed by atoms with Crippen LogP contribution in [0, 0.1) is 37.5 Å². The minimum absolute atomic E-state index is 0.0116. The van der Waals surface area contributed by atoms with Crippen LogP contribution >= 0.6 is 0 Å². The molecular formula is C34H36N4O5. The lowest BCUT2D eigenvalue weighted by Gasteiger charge is -2.33. The van der Waals surface area contributed by atoms with Crippen LogP contribution in [-0.4, -0.2) is 46.1 Å². The number of hydrogen-bond acceptors (Lipinski definition) is 6. The van der Waals surface area contributed by atoms with Crippen molar-refractivity contribution in [3.63, 3.8) is 0 Å². The highest BCUT2D eigenvalue weighted by Crippen LogP contribution is 2.29. The summed E-state index contributed by atoms with van der Waals surface area (Å²) in [4.78, 5) is 42.4. The van der Waals surface area contributed by atoms with E-state index in [-0.39, 0.29) is 12.2 Å². The summed E-state index contributed by atoms with van der Waals surface area (Å²) in [6.45, 7) is 8.29. The number of alkyl carbamates (subject to hydrolysis) is 1. The molecule has 0 bridgehead atoms. The standard InChI is InChI=1S/C34H36N4O5/c1-7-25-13-8-9-14-27(25)30(31(40)37-29-22(2)11-10-12-23(29)3)38(20-19-35)32(41)28(36-33(42)43-34(4,5)6)21-24-15-17-26(39)18-16-24/h1,8-18,28,30,39H,20-21H2,2-6H3,(H,36,42)(H,37,40). The second-order valence-corrected chi connectivity index (χ2v) is 11.1. The quantitative estimate of drug-likeness (QED) is 0.237. The van der Waals surface area contributed by atoms with Crippen molar-refractivity contribution >= 4 is 23.6 Å². The Kier molecular flexibility index (Phi) is 10.5. The van der Waals surface area contributed by atoms with E-state index in [4.69, 9.17) is 11.2 Å². The van der Waals surface area contributed by atoms with E-state index in [1.165, 1.54) is 12.1 Å². The summed E-state index contributed by atoms with van der Waals surface area (Å²) in [5.74, 6) is 1.33. The lowest BCUT2D eigenvalue weighted by atomic mass is 9.96. The van der Waals surface area contributed by atoms with Gasteiger partial charge < -0.3 is 25.4 Å². The first kappa shape index (κ1) is 32.2. The highest BCUT2D eigenvalue weighted by Gasteiger charge is 2.37. The molecule has 43 heavy (non-hydrogen) atoms. The molecule has 0 aliphatic heterocycles. The minimum atomic E-state index is -1.32. The van der Waals surface area contributed by atoms with E-state index < -0.39 is 42.1 Å². The van der Waals surface area contributed by atoms with E-state index in [2.05, 4.69) is 16.6 Å². The van der Waals surface area contributed by atoms with E-state index in [0.29, 0.717) is 22.4 Å². The Morgan fingerprint density at radius 1 is 1.00 bits per heavy atom. The van der Waals surface area contributed by atoms with Crippen molar-refractivity contribution in [1.29, 1.82) is 5.26 Å². The van der Waals surface area contributed by atoms with Gasteiger partial charge >= 0.3 is 6.09 Å². The first-order valence-electron chi connectivity index (χ1n) is 13.7. The molecular weight excluding hydrogens is 544 g/mol. The van der Waals surface area contributed by atoms with Gasteiger partial charge in [-0.25, -0.2) is 4.79 Å². The molecule has 3 amide bonds. The molecule has 2 atom stereocenters. The maximum absolute atomic E-state index is 14.3. The fourth-order valence-corrected chi connectivity index (χ4v) is 4.61. The van der Waals surface area contributed by atoms with E-state index in [1.54, 1.807) is 57.2 Å². The van der Waals surface area contributed by atoms with Crippen LogP contribution in [0.4, 0.5) is 10.5 Å². The van der Waals surface area contributed by atoms with Gasteiger partial charge in [-0.15, -0.1) is 6.42 Å². The lowest BCUT2D eigenvalue weighted by molar-refractivity contribution is -0.140. The van der Waals surface area contributed by atoms with Crippen LogP contribution in [0.25, 0.3) is 0 Å². The molecule has 0 heterocycles. The number of aromatic hydroxyl groups is 1. The number of ether oxygens (including phenoxy) is 1. The minimum Gasteiger partial charge on any atom is -0.508 e. The first-order chi connectivity index (χ1) is 20.3. The van der Waals surface area contributed by atoms with E-state index in [1.807, 2.05) is 38.1 Å². The van der Waals surface area contributed by atoms with Crippen molar-refractivity contribution in [2.45, 2.75) is 58.7 Å². The Morgan fingerprint density at radius 3 is 2.21 bits per heavy atom. The number of para-hydroxylation sites is 1. The third-order valence-corrected chi connectivity index (χ3v) is 6.59. The maximum Gasteiger partial charge on any atom is 0.408 e. The number of nitriles is 1. The number of phenolic OH excluding ortho intramolecular Hbond substituents is 1. The monoisotopic (exact) mass is 580 g/mol. The Balaban J connectivity index is 2.12. The number of amides is 3. The molecule has 2 unspecified atom stereocenters. The molecule has 0 fully saturated rings. The van der Waals surface area contributed by atoms with Crippen molar-refractivity contribution in [3.8, 4) is 24.2 Å². The van der Waals surface area contributed by atoms with Gasteiger partial charge in [0.05, 0.1) is 6.07 Å². The van der Waals surface area contributed by atoms with Crippen molar-refractivity contribution < 1.29 is 24.2 Å². The number of benzene rings is 3. The molecule has 0 aliphatic carbocycles. The van der Waals surface area contributed by atoms with Gasteiger partial charge in [-0.2, -0.15) is 5.26 Å². The zero-order valence-corrected chi connectivity index (χ0v) is 25.0. The molecule has 3 aromatic rings. The first-order valence-corrected chi connectivity index (χ1v) is 13.7. The average molecular weight is 581 g/mol. The molecule has 0 aromatic heterocycles. The van der Waals surface area contributed by atoms with Crippen molar-refractivity contribution in [1.82, 2.24) is 10.2 Å². The van der Waals surface area contributed by atoms with Gasteiger partial charge in [-0.1, -0.05) is 54.5 Å². The molecule has 3 aromatic carbocycles. The van der Waals surface area contributed by atoms with Gasteiger partial charge in [0, 0.05) is 17.7 Å². The summed E-state index contributed by atoms with van der Waals surface area (Å²) in [6, 6.07) is 17.8. The Morgan fingerprint density at radius 2 is 1.63 bits per heavy atom. The highest BCUT2D eigenvalue weighted by atomic mass is 16.6. The Labute approximate surface area is 252 Å². The second kappa shape index (κ2) is 14.1. The average Bonchev–Trinajstić information content (AvgIpc) is 2.94. The summed E-state index contributed by atoms with van der Waals surface area (Å²) < 4.78 is 5.42. The molecule has 0 radical (unpaired) electrons.